The Hall–Kier alpha value is -3.95. The van der Waals surface area contributed by atoms with E-state index in [0.29, 0.717) is 24.3 Å². The highest BCUT2D eigenvalue weighted by molar-refractivity contribution is 5.77. The maximum Gasteiger partial charge on any atom is 0.573 e. The van der Waals surface area contributed by atoms with Crippen molar-refractivity contribution >= 4 is 16.9 Å². The number of nitrogens with zero attached hydrogens (tertiary/aromatic N) is 3. The molecule has 0 fully saturated rings. The summed E-state index contributed by atoms with van der Waals surface area (Å²) in [4.78, 5) is 21.3. The number of pyridine rings is 1. The lowest BCUT2D eigenvalue weighted by molar-refractivity contribution is -0.274. The SMILES string of the molecule is CC(NC(=O)CCc1nc2ccncc2n1Cc1ccc(OC(F)(F)F)cc1)c1ccc(F)cc1. The highest BCUT2D eigenvalue weighted by Gasteiger charge is 2.31. The van der Waals surface area contributed by atoms with Gasteiger partial charge in [-0.05, 0) is 48.4 Å². The Kier molecular flexibility index (Phi) is 6.99. The molecule has 2 aromatic heterocycles. The number of hydrogen-bond acceptors (Lipinski definition) is 4. The normalized spacial score (nSPS) is 12.5. The molecule has 0 radical (unpaired) electrons. The van der Waals surface area contributed by atoms with E-state index in [9.17, 15) is 22.4 Å². The van der Waals surface area contributed by atoms with Crippen LogP contribution in [0.2, 0.25) is 0 Å². The fraction of sp³-hybridized carbons (Fsp3) is 0.240. The van der Waals surface area contributed by atoms with Crippen LogP contribution in [0.15, 0.2) is 67.0 Å². The van der Waals surface area contributed by atoms with Crippen LogP contribution in [0, 0.1) is 5.82 Å². The van der Waals surface area contributed by atoms with E-state index < -0.39 is 6.36 Å². The van der Waals surface area contributed by atoms with Crippen molar-refractivity contribution in [1.29, 1.82) is 0 Å². The van der Waals surface area contributed by atoms with Crippen LogP contribution in [0.5, 0.6) is 5.75 Å². The van der Waals surface area contributed by atoms with Gasteiger partial charge in [-0.15, -0.1) is 13.2 Å². The highest BCUT2D eigenvalue weighted by atomic mass is 19.4. The Morgan fingerprint density at radius 2 is 1.80 bits per heavy atom. The average Bonchev–Trinajstić information content (AvgIpc) is 3.16. The molecule has 0 bridgehead atoms. The van der Waals surface area contributed by atoms with E-state index in [1.165, 1.54) is 24.3 Å². The van der Waals surface area contributed by atoms with Gasteiger partial charge in [0, 0.05) is 25.6 Å². The van der Waals surface area contributed by atoms with Crippen LogP contribution in [0.3, 0.4) is 0 Å². The molecule has 182 valence electrons. The summed E-state index contributed by atoms with van der Waals surface area (Å²) >= 11 is 0. The average molecular weight is 486 g/mol. The molecule has 0 aliphatic heterocycles. The van der Waals surface area contributed by atoms with E-state index in [1.807, 2.05) is 11.5 Å². The Bertz CT molecular complexity index is 1300. The lowest BCUT2D eigenvalue weighted by atomic mass is 10.1. The van der Waals surface area contributed by atoms with Gasteiger partial charge in [-0.1, -0.05) is 24.3 Å². The maximum absolute atomic E-state index is 13.1. The molecule has 0 saturated carbocycles. The van der Waals surface area contributed by atoms with Gasteiger partial charge in [-0.25, -0.2) is 9.37 Å². The summed E-state index contributed by atoms with van der Waals surface area (Å²) in [6.07, 6.45) is -0.976. The Morgan fingerprint density at radius 3 is 2.49 bits per heavy atom. The van der Waals surface area contributed by atoms with E-state index >= 15 is 0 Å². The summed E-state index contributed by atoms with van der Waals surface area (Å²) in [5.41, 5.74) is 2.97. The van der Waals surface area contributed by atoms with Gasteiger partial charge in [0.2, 0.25) is 5.91 Å². The molecule has 4 aromatic rings. The fourth-order valence-corrected chi connectivity index (χ4v) is 3.74. The zero-order valence-corrected chi connectivity index (χ0v) is 18.7. The number of halogens is 4. The topological polar surface area (TPSA) is 69.0 Å². The third kappa shape index (κ3) is 6.34. The molecule has 0 saturated heterocycles. The summed E-state index contributed by atoms with van der Waals surface area (Å²) in [6, 6.07) is 13.0. The van der Waals surface area contributed by atoms with Crippen LogP contribution in [0.25, 0.3) is 11.0 Å². The summed E-state index contributed by atoms with van der Waals surface area (Å²) in [5.74, 6) is -0.186. The summed E-state index contributed by atoms with van der Waals surface area (Å²) < 4.78 is 56.2. The largest absolute Gasteiger partial charge is 0.573 e. The second-order valence-corrected chi connectivity index (χ2v) is 8.01. The van der Waals surface area contributed by atoms with Crippen molar-refractivity contribution in [1.82, 2.24) is 19.9 Å². The minimum absolute atomic E-state index is 0.167. The number of ether oxygens (including phenoxy) is 1. The first kappa shape index (κ1) is 24.2. The van der Waals surface area contributed by atoms with Crippen LogP contribution < -0.4 is 10.1 Å². The maximum atomic E-state index is 13.1. The number of imidazole rings is 1. The number of benzene rings is 2. The lowest BCUT2D eigenvalue weighted by Crippen LogP contribution is -2.27. The smallest absolute Gasteiger partial charge is 0.406 e. The quantitative estimate of drug-likeness (QED) is 0.342. The molecular formula is C25H22F4N4O2. The number of carbonyl (C=O) groups is 1. The Balaban J connectivity index is 1.46. The number of hydrogen-bond donors (Lipinski definition) is 1. The van der Waals surface area contributed by atoms with Gasteiger partial charge in [0.05, 0.1) is 23.3 Å². The van der Waals surface area contributed by atoms with Gasteiger partial charge in [0.15, 0.2) is 0 Å². The van der Waals surface area contributed by atoms with Crippen molar-refractivity contribution in [3.63, 3.8) is 0 Å². The van der Waals surface area contributed by atoms with Crippen molar-refractivity contribution in [2.75, 3.05) is 0 Å². The monoisotopic (exact) mass is 486 g/mol. The van der Waals surface area contributed by atoms with Gasteiger partial charge < -0.3 is 14.6 Å². The molecule has 4 rings (SSSR count). The molecular weight excluding hydrogens is 464 g/mol. The van der Waals surface area contributed by atoms with Gasteiger partial charge in [0.25, 0.3) is 0 Å². The van der Waals surface area contributed by atoms with E-state index in [1.54, 1.807) is 42.7 Å². The van der Waals surface area contributed by atoms with Crippen molar-refractivity contribution in [3.05, 3.63) is 89.8 Å². The number of rotatable bonds is 8. The van der Waals surface area contributed by atoms with Crippen LogP contribution in [-0.2, 0) is 17.8 Å². The molecule has 0 aliphatic rings. The molecule has 10 heteroatoms. The molecule has 35 heavy (non-hydrogen) atoms. The van der Waals surface area contributed by atoms with E-state index in [2.05, 4.69) is 20.0 Å². The molecule has 1 N–H and O–H groups in total. The first-order chi connectivity index (χ1) is 16.7. The fourth-order valence-electron chi connectivity index (χ4n) is 3.74. The molecule has 6 nitrogen and oxygen atoms in total. The molecule has 2 aromatic carbocycles. The molecule has 1 atom stereocenters. The molecule has 1 amide bonds. The predicted octanol–water partition coefficient (Wildman–Crippen LogP) is 5.33. The van der Waals surface area contributed by atoms with Crippen molar-refractivity contribution < 1.29 is 27.1 Å². The zero-order chi connectivity index (χ0) is 25.0. The van der Waals surface area contributed by atoms with E-state index in [4.69, 9.17) is 0 Å². The lowest BCUT2D eigenvalue weighted by Gasteiger charge is -2.15. The van der Waals surface area contributed by atoms with Crippen LogP contribution in [-0.4, -0.2) is 26.8 Å². The van der Waals surface area contributed by atoms with Crippen LogP contribution >= 0.6 is 0 Å². The molecule has 0 spiro atoms. The first-order valence-corrected chi connectivity index (χ1v) is 10.9. The summed E-state index contributed by atoms with van der Waals surface area (Å²) in [7, 11) is 0. The van der Waals surface area contributed by atoms with Crippen molar-refractivity contribution in [2.45, 2.75) is 38.7 Å². The number of aryl methyl sites for hydroxylation is 1. The second-order valence-electron chi connectivity index (χ2n) is 8.01. The third-order valence-electron chi connectivity index (χ3n) is 5.45. The van der Waals surface area contributed by atoms with Crippen molar-refractivity contribution in [3.8, 4) is 5.75 Å². The highest BCUT2D eigenvalue weighted by Crippen LogP contribution is 2.24. The summed E-state index contributed by atoms with van der Waals surface area (Å²) in [5, 5.41) is 2.90. The molecule has 1 unspecified atom stereocenters. The third-order valence-corrected chi connectivity index (χ3v) is 5.45. The van der Waals surface area contributed by atoms with Gasteiger partial charge in [0.1, 0.15) is 17.4 Å². The first-order valence-electron chi connectivity index (χ1n) is 10.9. The van der Waals surface area contributed by atoms with Crippen LogP contribution in [0.4, 0.5) is 17.6 Å². The number of aromatic nitrogens is 3. The number of nitrogens with one attached hydrogen (secondary N) is 1. The zero-order valence-electron chi connectivity index (χ0n) is 18.7. The van der Waals surface area contributed by atoms with Gasteiger partial charge in [-0.2, -0.15) is 0 Å². The van der Waals surface area contributed by atoms with Gasteiger partial charge in [-0.3, -0.25) is 9.78 Å². The molecule has 0 aliphatic carbocycles. The second kappa shape index (κ2) is 10.1. The minimum Gasteiger partial charge on any atom is -0.406 e. The number of carbonyl (C=O) groups excluding carboxylic acids is 1. The molecule has 2 heterocycles. The minimum atomic E-state index is -4.75. The Labute approximate surface area is 198 Å². The standard InChI is InChI=1S/C25H22F4N4O2/c1-16(18-4-6-19(26)7-5-18)31-24(34)11-10-23-32-21-12-13-30-14-22(21)33(23)15-17-2-8-20(9-3-17)35-25(27,28)29/h2-9,12-14,16H,10-11,15H2,1H3,(H,31,34). The van der Waals surface area contributed by atoms with Gasteiger partial charge >= 0.3 is 6.36 Å². The number of amides is 1. The Morgan fingerprint density at radius 1 is 1.09 bits per heavy atom. The van der Waals surface area contributed by atoms with Crippen LogP contribution in [0.1, 0.15) is 36.3 Å². The number of alkyl halides is 3. The van der Waals surface area contributed by atoms with Crippen molar-refractivity contribution in [2.24, 2.45) is 0 Å². The number of fused-ring (bicyclic) bond motifs is 1. The van der Waals surface area contributed by atoms with E-state index in [0.717, 1.165) is 16.6 Å². The van der Waals surface area contributed by atoms with E-state index in [-0.39, 0.29) is 29.9 Å². The predicted molar refractivity (Wildman–Crippen MR) is 121 cm³/mol. The summed E-state index contributed by atoms with van der Waals surface area (Å²) in [6.45, 7) is 2.15.